The van der Waals surface area contributed by atoms with E-state index >= 15 is 0 Å². The van der Waals surface area contributed by atoms with Gasteiger partial charge in [0, 0.05) is 0 Å². The molecule has 0 aromatic heterocycles. The zero-order valence-corrected chi connectivity index (χ0v) is 10.4. The molecule has 3 unspecified atom stereocenters. The molecule has 3 nitrogen and oxygen atoms in total. The molecule has 3 atom stereocenters. The predicted octanol–water partition coefficient (Wildman–Crippen LogP) is 2.56. The molecule has 1 aliphatic carbocycles. The van der Waals surface area contributed by atoms with Crippen LogP contribution in [0.1, 0.15) is 33.1 Å². The lowest BCUT2D eigenvalue weighted by molar-refractivity contribution is -0.143. The number of methoxy groups -OCH3 is 1. The molecule has 0 fully saturated rings. The summed E-state index contributed by atoms with van der Waals surface area (Å²) in [6.45, 7) is 4.91. The van der Waals surface area contributed by atoms with Crippen LogP contribution in [0.4, 0.5) is 0 Å². The van der Waals surface area contributed by atoms with Crippen LogP contribution < -0.4 is 0 Å². The van der Waals surface area contributed by atoms with Gasteiger partial charge in [0.05, 0.1) is 26.2 Å². The fraction of sp³-hybridized carbons (Fsp3) is 0.769. The summed E-state index contributed by atoms with van der Waals surface area (Å²) in [5, 5.41) is 0. The van der Waals surface area contributed by atoms with Crippen LogP contribution in [-0.4, -0.2) is 25.8 Å². The van der Waals surface area contributed by atoms with Crippen molar-refractivity contribution in [2.45, 2.75) is 39.2 Å². The van der Waals surface area contributed by atoms with Gasteiger partial charge >= 0.3 is 5.97 Å². The first-order valence-electron chi connectivity index (χ1n) is 5.97. The van der Waals surface area contributed by atoms with Gasteiger partial charge in [-0.15, -0.1) is 0 Å². The minimum atomic E-state index is -0.205. The van der Waals surface area contributed by atoms with Crippen LogP contribution in [-0.2, 0) is 14.3 Å². The van der Waals surface area contributed by atoms with Gasteiger partial charge in [0.1, 0.15) is 0 Å². The second kappa shape index (κ2) is 6.69. The first kappa shape index (κ1) is 13.2. The van der Waals surface area contributed by atoms with Crippen LogP contribution >= 0.6 is 0 Å². The molecule has 0 spiro atoms. The summed E-state index contributed by atoms with van der Waals surface area (Å²) in [5.41, 5.74) is 0. The molecule has 0 radical (unpaired) electrons. The Hall–Kier alpha value is -0.830. The standard InChI is InChI=1S/C13H22O3/c1-10-6-4-5-7-12(10)9-16-11(2)8-13(14)15-3/h4-5,10-12H,6-9H2,1-3H3. The maximum absolute atomic E-state index is 11.0. The van der Waals surface area contributed by atoms with Crippen LogP contribution in [0.15, 0.2) is 12.2 Å². The quantitative estimate of drug-likeness (QED) is 0.534. The van der Waals surface area contributed by atoms with E-state index in [1.807, 2.05) is 6.92 Å². The number of hydrogen-bond acceptors (Lipinski definition) is 3. The summed E-state index contributed by atoms with van der Waals surface area (Å²) in [5.74, 6) is 1.06. The van der Waals surface area contributed by atoms with Crippen LogP contribution in [0.25, 0.3) is 0 Å². The highest BCUT2D eigenvalue weighted by Crippen LogP contribution is 2.25. The van der Waals surface area contributed by atoms with Crippen molar-refractivity contribution in [1.82, 2.24) is 0 Å². The molecule has 0 bridgehead atoms. The van der Waals surface area contributed by atoms with Crippen LogP contribution in [0, 0.1) is 11.8 Å². The number of rotatable bonds is 5. The Labute approximate surface area is 97.8 Å². The van der Waals surface area contributed by atoms with Crippen molar-refractivity contribution in [3.8, 4) is 0 Å². The van der Waals surface area contributed by atoms with E-state index < -0.39 is 0 Å². The molecule has 0 aliphatic heterocycles. The Morgan fingerprint density at radius 2 is 2.12 bits per heavy atom. The molecule has 0 saturated carbocycles. The normalized spacial score (nSPS) is 26.4. The number of esters is 1. The van der Waals surface area contributed by atoms with Gasteiger partial charge < -0.3 is 9.47 Å². The molecule has 3 heteroatoms. The molecule has 0 heterocycles. The Balaban J connectivity index is 2.23. The molecule has 0 amide bonds. The lowest BCUT2D eigenvalue weighted by atomic mass is 9.85. The van der Waals surface area contributed by atoms with Gasteiger partial charge in [-0.2, -0.15) is 0 Å². The van der Waals surface area contributed by atoms with E-state index in [2.05, 4.69) is 23.8 Å². The number of carbonyl (C=O) groups is 1. The maximum Gasteiger partial charge on any atom is 0.308 e. The Bertz CT molecular complexity index is 248. The smallest absolute Gasteiger partial charge is 0.308 e. The highest BCUT2D eigenvalue weighted by molar-refractivity contribution is 5.69. The largest absolute Gasteiger partial charge is 0.469 e. The first-order chi connectivity index (χ1) is 7.63. The van der Waals surface area contributed by atoms with Gasteiger partial charge in [0.15, 0.2) is 0 Å². The van der Waals surface area contributed by atoms with Crippen LogP contribution in [0.5, 0.6) is 0 Å². The van der Waals surface area contributed by atoms with E-state index in [0.717, 1.165) is 19.4 Å². The van der Waals surface area contributed by atoms with Crippen molar-refractivity contribution in [2.24, 2.45) is 11.8 Å². The SMILES string of the molecule is COC(=O)CC(C)OCC1CC=CCC1C. The van der Waals surface area contributed by atoms with Crippen LogP contribution in [0.3, 0.4) is 0 Å². The van der Waals surface area contributed by atoms with Gasteiger partial charge in [-0.1, -0.05) is 19.1 Å². The lowest BCUT2D eigenvalue weighted by Gasteiger charge is -2.26. The number of allylic oxidation sites excluding steroid dienone is 2. The molecule has 0 aromatic rings. The fourth-order valence-electron chi connectivity index (χ4n) is 1.90. The van der Waals surface area contributed by atoms with E-state index in [-0.39, 0.29) is 12.1 Å². The highest BCUT2D eigenvalue weighted by atomic mass is 16.5. The van der Waals surface area contributed by atoms with Crippen molar-refractivity contribution in [2.75, 3.05) is 13.7 Å². The summed E-state index contributed by atoms with van der Waals surface area (Å²) in [6, 6.07) is 0. The number of ether oxygens (including phenoxy) is 2. The molecular formula is C13H22O3. The molecule has 0 aromatic carbocycles. The highest BCUT2D eigenvalue weighted by Gasteiger charge is 2.20. The molecule has 1 rings (SSSR count). The summed E-state index contributed by atoms with van der Waals surface area (Å²) in [4.78, 5) is 11.0. The van der Waals surface area contributed by atoms with Gasteiger partial charge in [0.2, 0.25) is 0 Å². The van der Waals surface area contributed by atoms with Crippen LogP contribution in [0.2, 0.25) is 0 Å². The fourth-order valence-corrected chi connectivity index (χ4v) is 1.90. The molecule has 16 heavy (non-hydrogen) atoms. The minimum absolute atomic E-state index is 0.0504. The topological polar surface area (TPSA) is 35.5 Å². The third kappa shape index (κ3) is 4.35. The Kier molecular flexibility index (Phi) is 5.53. The summed E-state index contributed by atoms with van der Waals surface area (Å²) in [6.07, 6.45) is 6.97. The summed E-state index contributed by atoms with van der Waals surface area (Å²) >= 11 is 0. The minimum Gasteiger partial charge on any atom is -0.469 e. The summed E-state index contributed by atoms with van der Waals surface area (Å²) < 4.78 is 10.3. The van der Waals surface area contributed by atoms with Gasteiger partial charge in [-0.3, -0.25) is 4.79 Å². The Morgan fingerprint density at radius 1 is 1.44 bits per heavy atom. The van der Waals surface area contributed by atoms with E-state index in [4.69, 9.17) is 4.74 Å². The molecule has 92 valence electrons. The van der Waals surface area contributed by atoms with E-state index in [0.29, 0.717) is 18.3 Å². The van der Waals surface area contributed by atoms with Crippen molar-refractivity contribution in [1.29, 1.82) is 0 Å². The molecule has 0 saturated heterocycles. The molecule has 0 N–H and O–H groups in total. The van der Waals surface area contributed by atoms with Gasteiger partial charge in [-0.05, 0) is 31.6 Å². The number of hydrogen-bond donors (Lipinski definition) is 0. The third-order valence-electron chi connectivity index (χ3n) is 3.19. The lowest BCUT2D eigenvalue weighted by Crippen LogP contribution is -2.24. The molecule has 1 aliphatic rings. The van der Waals surface area contributed by atoms with Gasteiger partial charge in [0.25, 0.3) is 0 Å². The monoisotopic (exact) mass is 226 g/mol. The average Bonchev–Trinajstić information content (AvgIpc) is 2.28. The van der Waals surface area contributed by atoms with Crippen molar-refractivity contribution in [3.63, 3.8) is 0 Å². The maximum atomic E-state index is 11.0. The second-order valence-electron chi connectivity index (χ2n) is 4.60. The Morgan fingerprint density at radius 3 is 2.75 bits per heavy atom. The average molecular weight is 226 g/mol. The van der Waals surface area contributed by atoms with E-state index in [9.17, 15) is 4.79 Å². The zero-order valence-electron chi connectivity index (χ0n) is 10.4. The zero-order chi connectivity index (χ0) is 12.0. The first-order valence-corrected chi connectivity index (χ1v) is 5.97. The van der Waals surface area contributed by atoms with E-state index in [1.54, 1.807) is 0 Å². The molecular weight excluding hydrogens is 204 g/mol. The van der Waals surface area contributed by atoms with Gasteiger partial charge in [-0.25, -0.2) is 0 Å². The van der Waals surface area contributed by atoms with Crippen molar-refractivity contribution >= 4 is 5.97 Å². The summed E-state index contributed by atoms with van der Waals surface area (Å²) in [7, 11) is 1.41. The second-order valence-corrected chi connectivity index (χ2v) is 4.60. The van der Waals surface area contributed by atoms with E-state index in [1.165, 1.54) is 7.11 Å². The van der Waals surface area contributed by atoms with Crippen molar-refractivity contribution < 1.29 is 14.3 Å². The number of carbonyl (C=O) groups excluding carboxylic acids is 1. The predicted molar refractivity (Wildman–Crippen MR) is 63.1 cm³/mol. The van der Waals surface area contributed by atoms with Crippen molar-refractivity contribution in [3.05, 3.63) is 12.2 Å². The third-order valence-corrected chi connectivity index (χ3v) is 3.19.